The van der Waals surface area contributed by atoms with Crippen LogP contribution in [0.2, 0.25) is 0 Å². The zero-order valence-corrected chi connectivity index (χ0v) is 12.6. The fourth-order valence-electron chi connectivity index (χ4n) is 3.03. The molecule has 0 unspecified atom stereocenters. The second-order valence-electron chi connectivity index (χ2n) is 5.57. The zero-order valence-electron chi connectivity index (χ0n) is 12.6. The van der Waals surface area contributed by atoms with Crippen molar-refractivity contribution < 1.29 is 9.69 Å². The monoisotopic (exact) mass is 276 g/mol. The van der Waals surface area contributed by atoms with Gasteiger partial charge in [-0.05, 0) is 19.9 Å². The molecule has 1 aliphatic rings. The summed E-state index contributed by atoms with van der Waals surface area (Å²) in [5, 5.41) is 0. The van der Waals surface area contributed by atoms with E-state index in [2.05, 4.69) is 24.9 Å². The number of carbonyl (C=O) groups excluding carboxylic acids is 1. The van der Waals surface area contributed by atoms with Crippen LogP contribution in [0.1, 0.15) is 32.3 Å². The summed E-state index contributed by atoms with van der Waals surface area (Å²) in [5.74, 6) is 0.600. The van der Waals surface area contributed by atoms with Gasteiger partial charge in [-0.15, -0.1) is 0 Å². The summed E-state index contributed by atoms with van der Waals surface area (Å²) in [6.07, 6.45) is 5.80. The Labute approximate surface area is 121 Å². The van der Waals surface area contributed by atoms with Crippen LogP contribution in [0, 0.1) is 5.92 Å². The fraction of sp³-hybridized carbons (Fsp3) is 0.625. The molecule has 4 heteroatoms. The van der Waals surface area contributed by atoms with Crippen molar-refractivity contribution in [1.82, 2.24) is 9.88 Å². The molecule has 2 heterocycles. The lowest BCUT2D eigenvalue weighted by Crippen LogP contribution is -3.11. The second kappa shape index (κ2) is 7.39. The van der Waals surface area contributed by atoms with Crippen molar-refractivity contribution in [3.05, 3.63) is 30.1 Å². The highest BCUT2D eigenvalue weighted by molar-refractivity contribution is 5.78. The maximum atomic E-state index is 12.3. The number of nitrogens with zero attached hydrogens (tertiary/aromatic N) is 2. The third-order valence-electron chi connectivity index (χ3n) is 4.29. The van der Waals surface area contributed by atoms with E-state index < -0.39 is 0 Å². The average molecular weight is 276 g/mol. The molecule has 1 fully saturated rings. The van der Waals surface area contributed by atoms with Crippen molar-refractivity contribution in [2.24, 2.45) is 5.92 Å². The number of carbonyl (C=O) groups is 1. The highest BCUT2D eigenvalue weighted by atomic mass is 16.2. The average Bonchev–Trinajstić information content (AvgIpc) is 2.50. The van der Waals surface area contributed by atoms with E-state index in [-0.39, 0.29) is 5.92 Å². The molecular weight excluding hydrogens is 250 g/mol. The third kappa shape index (κ3) is 3.79. The lowest BCUT2D eigenvalue weighted by Gasteiger charge is -2.31. The minimum atomic E-state index is 0.243. The molecule has 2 rings (SSSR count). The molecule has 1 saturated heterocycles. The highest BCUT2D eigenvalue weighted by Crippen LogP contribution is 2.13. The Kier molecular flexibility index (Phi) is 5.53. The van der Waals surface area contributed by atoms with Crippen LogP contribution in [-0.4, -0.2) is 42.0 Å². The van der Waals surface area contributed by atoms with Gasteiger partial charge in [-0.25, -0.2) is 0 Å². The normalized spacial score (nSPS) is 22.5. The van der Waals surface area contributed by atoms with E-state index >= 15 is 0 Å². The molecule has 1 N–H and O–H groups in total. The summed E-state index contributed by atoms with van der Waals surface area (Å²) in [4.78, 5) is 20.0. The van der Waals surface area contributed by atoms with Crippen LogP contribution < -0.4 is 4.90 Å². The van der Waals surface area contributed by atoms with E-state index in [0.717, 1.165) is 45.6 Å². The Morgan fingerprint density at radius 1 is 1.35 bits per heavy atom. The maximum Gasteiger partial charge on any atom is 0.226 e. The van der Waals surface area contributed by atoms with Crippen LogP contribution in [0.5, 0.6) is 0 Å². The molecule has 0 bridgehead atoms. The van der Waals surface area contributed by atoms with Crippen LogP contribution >= 0.6 is 0 Å². The molecule has 1 aromatic rings. The largest absolute Gasteiger partial charge is 0.343 e. The van der Waals surface area contributed by atoms with Crippen LogP contribution in [0.15, 0.2) is 24.5 Å². The first kappa shape index (κ1) is 15.0. The van der Waals surface area contributed by atoms with Crippen LogP contribution in [0.25, 0.3) is 0 Å². The van der Waals surface area contributed by atoms with Crippen molar-refractivity contribution in [3.63, 3.8) is 0 Å². The predicted octanol–water partition coefficient (Wildman–Crippen LogP) is 0.745. The molecule has 1 amide bonds. The van der Waals surface area contributed by atoms with Crippen molar-refractivity contribution in [3.8, 4) is 0 Å². The number of likely N-dealkylation sites (tertiary alicyclic amines) is 1. The van der Waals surface area contributed by atoms with Crippen molar-refractivity contribution in [2.45, 2.75) is 33.2 Å². The highest BCUT2D eigenvalue weighted by Gasteiger charge is 2.29. The smallest absolute Gasteiger partial charge is 0.226 e. The Morgan fingerprint density at radius 3 is 2.60 bits per heavy atom. The molecule has 1 aromatic heterocycles. The Hall–Kier alpha value is -1.42. The fourth-order valence-corrected chi connectivity index (χ4v) is 3.03. The lowest BCUT2D eigenvalue weighted by atomic mass is 9.95. The molecule has 0 aliphatic carbocycles. The van der Waals surface area contributed by atoms with Gasteiger partial charge in [0.05, 0.1) is 13.1 Å². The summed E-state index contributed by atoms with van der Waals surface area (Å²) in [7, 11) is 0. The van der Waals surface area contributed by atoms with Gasteiger partial charge in [0.25, 0.3) is 0 Å². The first-order valence-corrected chi connectivity index (χ1v) is 7.75. The van der Waals surface area contributed by atoms with Gasteiger partial charge in [0.2, 0.25) is 5.91 Å². The molecule has 110 valence electrons. The number of piperidine rings is 1. The standard InChI is InChI=1S/C16H25N3O/c1-3-19(4-2)16(20)15-7-10-18(11-8-15)13-14-6-5-9-17-12-14/h5-6,9,12,15H,3-4,7-8,10-11,13H2,1-2H3/p+1. The number of amides is 1. The van der Waals surface area contributed by atoms with Gasteiger partial charge in [-0.2, -0.15) is 0 Å². The van der Waals surface area contributed by atoms with Crippen molar-refractivity contribution in [1.29, 1.82) is 0 Å². The first-order chi connectivity index (χ1) is 9.74. The lowest BCUT2D eigenvalue weighted by molar-refractivity contribution is -0.919. The number of quaternary nitrogens is 1. The molecule has 1 aliphatic heterocycles. The summed E-state index contributed by atoms with van der Waals surface area (Å²) < 4.78 is 0. The van der Waals surface area contributed by atoms with Crippen LogP contribution in [-0.2, 0) is 11.3 Å². The number of pyridine rings is 1. The second-order valence-corrected chi connectivity index (χ2v) is 5.57. The van der Waals surface area contributed by atoms with Crippen LogP contribution in [0.4, 0.5) is 0 Å². The minimum absolute atomic E-state index is 0.243. The number of nitrogens with one attached hydrogen (secondary N) is 1. The Morgan fingerprint density at radius 2 is 2.05 bits per heavy atom. The van der Waals surface area contributed by atoms with Gasteiger partial charge in [-0.1, -0.05) is 6.07 Å². The maximum absolute atomic E-state index is 12.3. The van der Waals surface area contributed by atoms with E-state index in [1.807, 2.05) is 23.4 Å². The molecule has 0 atom stereocenters. The summed E-state index contributed by atoms with van der Waals surface area (Å²) in [5.41, 5.74) is 1.29. The van der Waals surface area contributed by atoms with E-state index in [4.69, 9.17) is 0 Å². The summed E-state index contributed by atoms with van der Waals surface area (Å²) in [6, 6.07) is 4.12. The number of aromatic nitrogens is 1. The van der Waals surface area contributed by atoms with Crippen LogP contribution in [0.3, 0.4) is 0 Å². The van der Waals surface area contributed by atoms with Crippen molar-refractivity contribution in [2.75, 3.05) is 26.2 Å². The predicted molar refractivity (Wildman–Crippen MR) is 79.3 cm³/mol. The molecule has 20 heavy (non-hydrogen) atoms. The van der Waals surface area contributed by atoms with E-state index in [0.29, 0.717) is 5.91 Å². The molecule has 0 aromatic carbocycles. The Balaban J connectivity index is 1.82. The van der Waals surface area contributed by atoms with Crippen molar-refractivity contribution >= 4 is 5.91 Å². The first-order valence-electron chi connectivity index (χ1n) is 7.75. The summed E-state index contributed by atoms with van der Waals surface area (Å²) >= 11 is 0. The minimum Gasteiger partial charge on any atom is -0.343 e. The zero-order chi connectivity index (χ0) is 14.4. The van der Waals surface area contributed by atoms with Gasteiger partial charge in [0, 0.05) is 49.8 Å². The quantitative estimate of drug-likeness (QED) is 0.861. The van der Waals surface area contributed by atoms with Gasteiger partial charge in [0.1, 0.15) is 6.54 Å². The molecule has 0 saturated carbocycles. The summed E-state index contributed by atoms with van der Waals surface area (Å²) in [6.45, 7) is 8.99. The molecular formula is C16H26N3O+. The number of hydrogen-bond donors (Lipinski definition) is 1. The SMILES string of the molecule is CCN(CC)C(=O)C1CC[NH+](Cc2cccnc2)CC1. The molecule has 0 radical (unpaired) electrons. The van der Waals surface area contributed by atoms with Gasteiger partial charge < -0.3 is 9.80 Å². The van der Waals surface area contributed by atoms with Gasteiger partial charge in [0.15, 0.2) is 0 Å². The Bertz CT molecular complexity index is 409. The van der Waals surface area contributed by atoms with E-state index in [1.54, 1.807) is 4.90 Å². The number of hydrogen-bond acceptors (Lipinski definition) is 2. The third-order valence-corrected chi connectivity index (χ3v) is 4.29. The number of rotatable bonds is 5. The molecule has 0 spiro atoms. The van der Waals surface area contributed by atoms with Gasteiger partial charge >= 0.3 is 0 Å². The molecule has 4 nitrogen and oxygen atoms in total. The van der Waals surface area contributed by atoms with Gasteiger partial charge in [-0.3, -0.25) is 9.78 Å². The van der Waals surface area contributed by atoms with E-state index in [9.17, 15) is 4.79 Å². The van der Waals surface area contributed by atoms with E-state index in [1.165, 1.54) is 5.56 Å². The topological polar surface area (TPSA) is 37.6 Å².